The molecule has 1 aromatic carbocycles. The summed E-state index contributed by atoms with van der Waals surface area (Å²) in [5, 5.41) is 12.9. The second-order valence-corrected chi connectivity index (χ2v) is 5.25. The number of anilines is 1. The van der Waals surface area contributed by atoms with Crippen molar-refractivity contribution in [2.75, 3.05) is 39.7 Å². The summed E-state index contributed by atoms with van der Waals surface area (Å²) in [5.41, 5.74) is -0.0577. The van der Waals surface area contributed by atoms with Gasteiger partial charge in [0.25, 0.3) is 5.91 Å². The van der Waals surface area contributed by atoms with Crippen LogP contribution in [0.2, 0.25) is 0 Å². The van der Waals surface area contributed by atoms with Gasteiger partial charge < -0.3 is 29.5 Å². The van der Waals surface area contributed by atoms with E-state index in [1.165, 1.54) is 19.2 Å². The Labute approximate surface area is 157 Å². The van der Waals surface area contributed by atoms with Crippen LogP contribution in [-0.2, 0) is 19.1 Å². The molecule has 0 bridgehead atoms. The Morgan fingerprint density at radius 3 is 2.22 bits per heavy atom. The van der Waals surface area contributed by atoms with Crippen LogP contribution in [0, 0.1) is 0 Å². The second-order valence-electron chi connectivity index (χ2n) is 5.25. The van der Waals surface area contributed by atoms with Crippen LogP contribution in [0.3, 0.4) is 0 Å². The van der Waals surface area contributed by atoms with Gasteiger partial charge in [0.05, 0.1) is 33.1 Å². The van der Waals surface area contributed by atoms with E-state index in [-0.39, 0.29) is 34.4 Å². The zero-order chi connectivity index (χ0) is 20.6. The standard InChI is InChI=1S/C18H24N2O7/c1-6-20(7-2)17(23)11-8-12(16(22)14(9-11)25-3)19-13(18(24)27-5)10-15(21)26-4/h8-10,19,22H,6-7H2,1-5H3/b13-10+. The molecule has 2 N–H and O–H groups in total. The van der Waals surface area contributed by atoms with E-state index >= 15 is 0 Å². The van der Waals surface area contributed by atoms with Crippen LogP contribution in [0.25, 0.3) is 0 Å². The Morgan fingerprint density at radius 1 is 1.11 bits per heavy atom. The summed E-state index contributed by atoms with van der Waals surface area (Å²) in [5.74, 6) is -2.26. The number of benzene rings is 1. The average molecular weight is 380 g/mol. The van der Waals surface area contributed by atoms with Gasteiger partial charge in [-0.25, -0.2) is 9.59 Å². The number of carbonyl (C=O) groups excluding carboxylic acids is 3. The van der Waals surface area contributed by atoms with Gasteiger partial charge in [0.2, 0.25) is 0 Å². The number of phenolic OH excluding ortho intramolecular Hbond substituents is 1. The number of hydrogen-bond donors (Lipinski definition) is 2. The van der Waals surface area contributed by atoms with Gasteiger partial charge in [0, 0.05) is 18.7 Å². The van der Waals surface area contributed by atoms with Crippen LogP contribution in [0.15, 0.2) is 23.9 Å². The first kappa shape index (κ1) is 21.8. The zero-order valence-corrected chi connectivity index (χ0v) is 16.0. The third-order valence-corrected chi connectivity index (χ3v) is 3.73. The molecule has 0 aliphatic carbocycles. The van der Waals surface area contributed by atoms with Crippen molar-refractivity contribution in [3.05, 3.63) is 29.5 Å². The number of hydrogen-bond acceptors (Lipinski definition) is 8. The van der Waals surface area contributed by atoms with E-state index < -0.39 is 11.9 Å². The predicted molar refractivity (Wildman–Crippen MR) is 97.6 cm³/mol. The number of rotatable bonds is 8. The normalized spacial score (nSPS) is 10.8. The maximum Gasteiger partial charge on any atom is 0.354 e. The molecule has 0 saturated carbocycles. The van der Waals surface area contributed by atoms with Gasteiger partial charge in [0.1, 0.15) is 5.70 Å². The molecule has 0 radical (unpaired) electrons. The van der Waals surface area contributed by atoms with Crippen LogP contribution in [-0.4, -0.2) is 62.3 Å². The fourth-order valence-corrected chi connectivity index (χ4v) is 2.25. The van der Waals surface area contributed by atoms with E-state index in [0.717, 1.165) is 20.3 Å². The van der Waals surface area contributed by atoms with Gasteiger partial charge in [-0.05, 0) is 26.0 Å². The molecule has 1 amide bonds. The summed E-state index contributed by atoms with van der Waals surface area (Å²) >= 11 is 0. The second kappa shape index (κ2) is 10.0. The van der Waals surface area contributed by atoms with Crippen molar-refractivity contribution in [3.63, 3.8) is 0 Å². The molecule has 0 saturated heterocycles. The summed E-state index contributed by atoms with van der Waals surface area (Å²) < 4.78 is 14.2. The van der Waals surface area contributed by atoms with E-state index in [1.54, 1.807) is 4.90 Å². The van der Waals surface area contributed by atoms with Crippen LogP contribution in [0.1, 0.15) is 24.2 Å². The number of aromatic hydroxyl groups is 1. The SMILES string of the molecule is CCN(CC)C(=O)c1cc(N/C(=C/C(=O)OC)C(=O)OC)c(O)c(OC)c1. The minimum atomic E-state index is -0.862. The Hall–Kier alpha value is -3.23. The van der Waals surface area contributed by atoms with E-state index in [1.807, 2.05) is 13.8 Å². The highest BCUT2D eigenvalue weighted by Gasteiger charge is 2.21. The van der Waals surface area contributed by atoms with Gasteiger partial charge in [-0.2, -0.15) is 0 Å². The fourth-order valence-electron chi connectivity index (χ4n) is 2.25. The van der Waals surface area contributed by atoms with Crippen molar-refractivity contribution in [1.82, 2.24) is 4.90 Å². The van der Waals surface area contributed by atoms with Gasteiger partial charge >= 0.3 is 11.9 Å². The molecule has 27 heavy (non-hydrogen) atoms. The molecule has 0 heterocycles. The van der Waals surface area contributed by atoms with Crippen LogP contribution in [0.5, 0.6) is 11.5 Å². The van der Waals surface area contributed by atoms with Gasteiger partial charge in [-0.15, -0.1) is 0 Å². The smallest absolute Gasteiger partial charge is 0.354 e. The van der Waals surface area contributed by atoms with Crippen LogP contribution in [0.4, 0.5) is 5.69 Å². The van der Waals surface area contributed by atoms with E-state index in [4.69, 9.17) is 4.74 Å². The lowest BCUT2D eigenvalue weighted by Crippen LogP contribution is -2.30. The van der Waals surface area contributed by atoms with E-state index in [9.17, 15) is 19.5 Å². The molecule has 0 fully saturated rings. The molecule has 0 atom stereocenters. The molecule has 148 valence electrons. The first-order chi connectivity index (χ1) is 12.8. The highest BCUT2D eigenvalue weighted by molar-refractivity contribution is 6.00. The monoisotopic (exact) mass is 380 g/mol. The summed E-state index contributed by atoms with van der Waals surface area (Å²) in [6, 6.07) is 2.75. The van der Waals surface area contributed by atoms with Gasteiger partial charge in [-0.3, -0.25) is 4.79 Å². The summed E-state index contributed by atoms with van der Waals surface area (Å²) in [6.07, 6.45) is 0.872. The highest BCUT2D eigenvalue weighted by Crippen LogP contribution is 2.36. The average Bonchev–Trinajstić information content (AvgIpc) is 2.68. The lowest BCUT2D eigenvalue weighted by Gasteiger charge is -2.20. The molecule has 1 aromatic rings. The summed E-state index contributed by atoms with van der Waals surface area (Å²) in [6.45, 7) is 4.67. The topological polar surface area (TPSA) is 114 Å². The third kappa shape index (κ3) is 5.37. The van der Waals surface area contributed by atoms with E-state index in [2.05, 4.69) is 14.8 Å². The lowest BCUT2D eigenvalue weighted by atomic mass is 10.1. The van der Waals surface area contributed by atoms with Gasteiger partial charge in [0.15, 0.2) is 11.5 Å². The Morgan fingerprint density at radius 2 is 1.74 bits per heavy atom. The summed E-state index contributed by atoms with van der Waals surface area (Å²) in [4.78, 5) is 37.6. The third-order valence-electron chi connectivity index (χ3n) is 3.73. The first-order valence-corrected chi connectivity index (χ1v) is 8.18. The van der Waals surface area contributed by atoms with Crippen molar-refractivity contribution in [2.45, 2.75) is 13.8 Å². The van der Waals surface area contributed by atoms with Crippen molar-refractivity contribution in [2.24, 2.45) is 0 Å². The number of methoxy groups -OCH3 is 3. The number of carbonyl (C=O) groups is 3. The Kier molecular flexibility index (Phi) is 8.12. The minimum absolute atomic E-state index is 0.00888. The molecule has 0 aliphatic heterocycles. The van der Waals surface area contributed by atoms with Crippen LogP contribution < -0.4 is 10.1 Å². The molecular weight excluding hydrogens is 356 g/mol. The number of phenols is 1. The highest BCUT2D eigenvalue weighted by atomic mass is 16.5. The number of nitrogens with one attached hydrogen (secondary N) is 1. The first-order valence-electron chi connectivity index (χ1n) is 8.18. The van der Waals surface area contributed by atoms with Gasteiger partial charge in [-0.1, -0.05) is 0 Å². The largest absolute Gasteiger partial charge is 0.503 e. The number of ether oxygens (including phenoxy) is 3. The fraction of sp³-hybridized carbons (Fsp3) is 0.389. The number of esters is 2. The van der Waals surface area contributed by atoms with Crippen molar-refractivity contribution in [1.29, 1.82) is 0 Å². The molecular formula is C18H24N2O7. The van der Waals surface area contributed by atoms with E-state index in [0.29, 0.717) is 13.1 Å². The van der Waals surface area contributed by atoms with Crippen molar-refractivity contribution < 1.29 is 33.7 Å². The Bertz CT molecular complexity index is 739. The lowest BCUT2D eigenvalue weighted by molar-refractivity contribution is -0.138. The predicted octanol–water partition coefficient (Wildman–Crippen LogP) is 1.52. The molecule has 0 unspecified atom stereocenters. The molecule has 0 aromatic heterocycles. The number of nitrogens with zero attached hydrogens (tertiary/aromatic N) is 1. The molecule has 1 rings (SSSR count). The molecule has 9 nitrogen and oxygen atoms in total. The maximum atomic E-state index is 12.6. The maximum absolute atomic E-state index is 12.6. The van der Waals surface area contributed by atoms with Crippen LogP contribution >= 0.6 is 0 Å². The Balaban J connectivity index is 3.42. The van der Waals surface area contributed by atoms with Crippen molar-refractivity contribution in [3.8, 4) is 11.5 Å². The molecule has 0 spiro atoms. The van der Waals surface area contributed by atoms with Crippen molar-refractivity contribution >= 4 is 23.5 Å². The minimum Gasteiger partial charge on any atom is -0.503 e. The number of amides is 1. The zero-order valence-electron chi connectivity index (χ0n) is 16.0. The summed E-state index contributed by atoms with van der Waals surface area (Å²) in [7, 11) is 3.61. The molecule has 0 aliphatic rings. The quantitative estimate of drug-likeness (QED) is 0.396. The molecule has 9 heteroatoms.